The van der Waals surface area contributed by atoms with Gasteiger partial charge in [-0.2, -0.15) is 0 Å². The molecule has 2 heteroatoms. The molecule has 0 aliphatic rings. The van der Waals surface area contributed by atoms with Crippen LogP contribution in [0.3, 0.4) is 0 Å². The molecule has 0 spiro atoms. The number of thiophene rings is 1. The van der Waals surface area contributed by atoms with Crippen molar-refractivity contribution in [1.29, 1.82) is 0 Å². The standard InChI is InChI=1S/C12H21NS/c1-4-7-13-12(10(2)3)9-11-6-5-8-14-11/h5-6,8,10,12-13H,4,7,9H2,1-3H3. The molecule has 0 saturated carbocycles. The quantitative estimate of drug-likeness (QED) is 0.761. The fourth-order valence-electron chi connectivity index (χ4n) is 1.52. The summed E-state index contributed by atoms with van der Waals surface area (Å²) in [5, 5.41) is 5.77. The molecular formula is C12H21NS. The smallest absolute Gasteiger partial charge is 0.0138 e. The van der Waals surface area contributed by atoms with Crippen LogP contribution in [0.4, 0.5) is 0 Å². The van der Waals surface area contributed by atoms with Crippen LogP contribution in [0.25, 0.3) is 0 Å². The predicted molar refractivity (Wildman–Crippen MR) is 64.9 cm³/mol. The minimum Gasteiger partial charge on any atom is -0.313 e. The summed E-state index contributed by atoms with van der Waals surface area (Å²) in [7, 11) is 0. The number of nitrogens with one attached hydrogen (secondary N) is 1. The summed E-state index contributed by atoms with van der Waals surface area (Å²) < 4.78 is 0. The molecule has 1 rings (SSSR count). The van der Waals surface area contributed by atoms with E-state index in [0.29, 0.717) is 12.0 Å². The molecule has 0 radical (unpaired) electrons. The van der Waals surface area contributed by atoms with E-state index in [9.17, 15) is 0 Å². The number of hydrogen-bond donors (Lipinski definition) is 1. The maximum absolute atomic E-state index is 3.61. The van der Waals surface area contributed by atoms with Crippen molar-refractivity contribution in [1.82, 2.24) is 5.32 Å². The first-order chi connectivity index (χ1) is 6.74. The van der Waals surface area contributed by atoms with Gasteiger partial charge in [-0.25, -0.2) is 0 Å². The second kappa shape index (κ2) is 6.20. The molecule has 0 aromatic carbocycles. The second-order valence-electron chi connectivity index (χ2n) is 4.09. The summed E-state index contributed by atoms with van der Waals surface area (Å²) in [5.74, 6) is 0.712. The van der Waals surface area contributed by atoms with E-state index in [1.54, 1.807) is 0 Å². The highest BCUT2D eigenvalue weighted by Gasteiger charge is 2.12. The van der Waals surface area contributed by atoms with E-state index in [0.717, 1.165) is 6.54 Å². The third-order valence-corrected chi connectivity index (χ3v) is 3.36. The van der Waals surface area contributed by atoms with Gasteiger partial charge in [0.2, 0.25) is 0 Å². The van der Waals surface area contributed by atoms with Gasteiger partial charge in [-0.05, 0) is 36.8 Å². The van der Waals surface area contributed by atoms with E-state index in [-0.39, 0.29) is 0 Å². The molecule has 14 heavy (non-hydrogen) atoms. The lowest BCUT2D eigenvalue weighted by Gasteiger charge is -2.21. The first-order valence-electron chi connectivity index (χ1n) is 5.49. The van der Waals surface area contributed by atoms with Crippen molar-refractivity contribution in [2.75, 3.05) is 6.54 Å². The lowest BCUT2D eigenvalue weighted by atomic mass is 10.00. The van der Waals surface area contributed by atoms with Crippen molar-refractivity contribution in [3.8, 4) is 0 Å². The predicted octanol–water partition coefficient (Wildman–Crippen LogP) is 3.31. The normalized spacial score (nSPS) is 13.4. The average molecular weight is 211 g/mol. The van der Waals surface area contributed by atoms with E-state index in [1.807, 2.05) is 11.3 Å². The van der Waals surface area contributed by atoms with Crippen LogP contribution in [0.2, 0.25) is 0 Å². The maximum Gasteiger partial charge on any atom is 0.0138 e. The fraction of sp³-hybridized carbons (Fsp3) is 0.667. The summed E-state index contributed by atoms with van der Waals surface area (Å²) >= 11 is 1.86. The zero-order chi connectivity index (χ0) is 10.4. The van der Waals surface area contributed by atoms with E-state index < -0.39 is 0 Å². The molecule has 1 nitrogen and oxygen atoms in total. The minimum atomic E-state index is 0.633. The molecule has 0 aliphatic carbocycles. The van der Waals surface area contributed by atoms with Crippen molar-refractivity contribution < 1.29 is 0 Å². The third-order valence-electron chi connectivity index (χ3n) is 2.46. The SMILES string of the molecule is CCCNC(Cc1cccs1)C(C)C. The Morgan fingerprint density at radius 1 is 1.43 bits per heavy atom. The molecule has 0 fully saturated rings. The Hall–Kier alpha value is -0.340. The molecule has 0 saturated heterocycles. The Kier molecular flexibility index (Phi) is 5.20. The highest BCUT2D eigenvalue weighted by Crippen LogP contribution is 2.15. The van der Waals surface area contributed by atoms with E-state index >= 15 is 0 Å². The van der Waals surface area contributed by atoms with Gasteiger partial charge in [-0.1, -0.05) is 26.8 Å². The third kappa shape index (κ3) is 3.81. The molecule has 0 amide bonds. The highest BCUT2D eigenvalue weighted by molar-refractivity contribution is 7.09. The monoisotopic (exact) mass is 211 g/mol. The molecular weight excluding hydrogens is 190 g/mol. The Morgan fingerprint density at radius 2 is 2.21 bits per heavy atom. The van der Waals surface area contributed by atoms with Gasteiger partial charge < -0.3 is 5.32 Å². The lowest BCUT2D eigenvalue weighted by molar-refractivity contribution is 0.399. The Morgan fingerprint density at radius 3 is 2.71 bits per heavy atom. The summed E-state index contributed by atoms with van der Waals surface area (Å²) in [5.41, 5.74) is 0. The topological polar surface area (TPSA) is 12.0 Å². The van der Waals surface area contributed by atoms with Crippen LogP contribution < -0.4 is 5.32 Å². The minimum absolute atomic E-state index is 0.633. The molecule has 1 atom stereocenters. The largest absolute Gasteiger partial charge is 0.313 e. The van der Waals surface area contributed by atoms with E-state index in [1.165, 1.54) is 17.7 Å². The fourth-order valence-corrected chi connectivity index (χ4v) is 2.28. The average Bonchev–Trinajstić information content (AvgIpc) is 2.64. The lowest BCUT2D eigenvalue weighted by Crippen LogP contribution is -2.36. The van der Waals surface area contributed by atoms with Crippen LogP contribution in [-0.2, 0) is 6.42 Å². The summed E-state index contributed by atoms with van der Waals surface area (Å²) in [6.07, 6.45) is 2.39. The molecule has 1 N–H and O–H groups in total. The molecule has 1 aromatic heterocycles. The van der Waals surface area contributed by atoms with Gasteiger partial charge >= 0.3 is 0 Å². The van der Waals surface area contributed by atoms with Gasteiger partial charge in [-0.15, -0.1) is 11.3 Å². The Balaban J connectivity index is 2.43. The van der Waals surface area contributed by atoms with Crippen molar-refractivity contribution in [2.24, 2.45) is 5.92 Å². The first kappa shape index (κ1) is 11.7. The first-order valence-corrected chi connectivity index (χ1v) is 6.37. The van der Waals surface area contributed by atoms with Gasteiger partial charge in [0.1, 0.15) is 0 Å². The molecule has 1 unspecified atom stereocenters. The second-order valence-corrected chi connectivity index (χ2v) is 5.12. The van der Waals surface area contributed by atoms with Gasteiger partial charge in [0, 0.05) is 10.9 Å². The summed E-state index contributed by atoms with van der Waals surface area (Å²) in [4.78, 5) is 1.49. The molecule has 1 heterocycles. The van der Waals surface area contributed by atoms with Crippen LogP contribution in [-0.4, -0.2) is 12.6 Å². The summed E-state index contributed by atoms with van der Waals surface area (Å²) in [6, 6.07) is 5.00. The van der Waals surface area contributed by atoms with Crippen LogP contribution in [0, 0.1) is 5.92 Å². The number of hydrogen-bond acceptors (Lipinski definition) is 2. The van der Waals surface area contributed by atoms with Gasteiger partial charge in [-0.3, -0.25) is 0 Å². The zero-order valence-corrected chi connectivity index (χ0v) is 10.2. The molecule has 1 aromatic rings. The van der Waals surface area contributed by atoms with Crippen molar-refractivity contribution in [3.05, 3.63) is 22.4 Å². The van der Waals surface area contributed by atoms with E-state index in [2.05, 4.69) is 43.6 Å². The Labute approximate surface area is 91.5 Å². The summed E-state index contributed by atoms with van der Waals surface area (Å²) in [6.45, 7) is 7.94. The Bertz CT molecular complexity index is 228. The number of rotatable bonds is 6. The zero-order valence-electron chi connectivity index (χ0n) is 9.42. The van der Waals surface area contributed by atoms with Crippen molar-refractivity contribution >= 4 is 11.3 Å². The van der Waals surface area contributed by atoms with Gasteiger partial charge in [0.05, 0.1) is 0 Å². The molecule has 80 valence electrons. The van der Waals surface area contributed by atoms with Crippen molar-refractivity contribution in [2.45, 2.75) is 39.7 Å². The van der Waals surface area contributed by atoms with Crippen LogP contribution in [0.1, 0.15) is 32.1 Å². The van der Waals surface area contributed by atoms with Crippen molar-refractivity contribution in [3.63, 3.8) is 0 Å². The molecule has 0 aliphatic heterocycles. The highest BCUT2D eigenvalue weighted by atomic mass is 32.1. The van der Waals surface area contributed by atoms with E-state index in [4.69, 9.17) is 0 Å². The maximum atomic E-state index is 3.61. The van der Waals surface area contributed by atoms with Crippen LogP contribution in [0.5, 0.6) is 0 Å². The van der Waals surface area contributed by atoms with Gasteiger partial charge in [0.15, 0.2) is 0 Å². The van der Waals surface area contributed by atoms with Crippen LogP contribution in [0.15, 0.2) is 17.5 Å². The molecule has 0 bridgehead atoms. The van der Waals surface area contributed by atoms with Gasteiger partial charge in [0.25, 0.3) is 0 Å². The van der Waals surface area contributed by atoms with Crippen LogP contribution >= 0.6 is 11.3 Å².